The molecule has 0 aliphatic rings. The van der Waals surface area contributed by atoms with Crippen molar-refractivity contribution in [2.45, 2.75) is 0 Å². The molecule has 0 radical (unpaired) electrons. The summed E-state index contributed by atoms with van der Waals surface area (Å²) < 4.78 is 11.3. The van der Waals surface area contributed by atoms with Gasteiger partial charge in [0.05, 0.1) is 11.0 Å². The van der Waals surface area contributed by atoms with Crippen molar-refractivity contribution in [1.29, 1.82) is 0 Å². The summed E-state index contributed by atoms with van der Waals surface area (Å²) in [4.78, 5) is 0. The number of aromatic nitrogens is 1. The fraction of sp³-hybridized carbons (Fsp3) is 0. The largest absolute Gasteiger partial charge is 0.456 e. The second-order valence-electron chi connectivity index (χ2n) is 9.73. The van der Waals surface area contributed by atoms with E-state index in [-0.39, 0.29) is 0 Å². The molecule has 9 aromatic rings. The Balaban J connectivity index is 1.46. The van der Waals surface area contributed by atoms with E-state index in [9.17, 15) is 0 Å². The highest BCUT2D eigenvalue weighted by molar-refractivity contribution is 7.26. The molecular weight excluding hydrogens is 470 g/mol. The molecular formula is C34H19NOS. The first kappa shape index (κ1) is 19.6. The van der Waals surface area contributed by atoms with Crippen molar-refractivity contribution >= 4 is 86.0 Å². The van der Waals surface area contributed by atoms with Crippen molar-refractivity contribution in [3.63, 3.8) is 0 Å². The lowest BCUT2D eigenvalue weighted by atomic mass is 10.0. The molecule has 9 rings (SSSR count). The third-order valence-electron chi connectivity index (χ3n) is 7.79. The highest BCUT2D eigenvalue weighted by Gasteiger charge is 2.18. The Morgan fingerprint density at radius 2 is 1.14 bits per heavy atom. The second kappa shape index (κ2) is 7.00. The Morgan fingerprint density at radius 3 is 2.03 bits per heavy atom. The van der Waals surface area contributed by atoms with Crippen LogP contribution in [0, 0.1) is 0 Å². The Morgan fingerprint density at radius 1 is 0.486 bits per heavy atom. The van der Waals surface area contributed by atoms with Gasteiger partial charge >= 0.3 is 0 Å². The Bertz CT molecular complexity index is 2370. The van der Waals surface area contributed by atoms with Gasteiger partial charge in [-0.2, -0.15) is 0 Å². The summed E-state index contributed by atoms with van der Waals surface area (Å²) in [5.41, 5.74) is 5.46. The van der Waals surface area contributed by atoms with Gasteiger partial charge in [0, 0.05) is 58.2 Å². The van der Waals surface area contributed by atoms with E-state index in [0.717, 1.165) is 27.6 Å². The van der Waals surface area contributed by atoms with E-state index < -0.39 is 0 Å². The summed E-state index contributed by atoms with van der Waals surface area (Å²) in [7, 11) is 0. The van der Waals surface area contributed by atoms with Crippen LogP contribution < -0.4 is 0 Å². The summed E-state index contributed by atoms with van der Waals surface area (Å²) in [6.45, 7) is 0. The highest BCUT2D eigenvalue weighted by atomic mass is 32.1. The molecule has 0 amide bonds. The molecule has 37 heavy (non-hydrogen) atoms. The van der Waals surface area contributed by atoms with Crippen LogP contribution in [0.4, 0.5) is 0 Å². The molecule has 0 spiro atoms. The standard InChI is InChI=1S/C34H19NOS/c1-4-10-29-21(7-1)24-14-17-27-25(15-16-26-23-9-3-6-12-32(23)37-34(26)27)33(24)35(29)20-13-18-31-28(19-20)22-8-2-5-11-30(22)36-31/h1-19H. The highest BCUT2D eigenvalue weighted by Crippen LogP contribution is 2.43. The molecule has 3 heteroatoms. The van der Waals surface area contributed by atoms with Crippen LogP contribution in [0.5, 0.6) is 0 Å². The third kappa shape index (κ3) is 2.54. The number of hydrogen-bond acceptors (Lipinski definition) is 2. The SMILES string of the molecule is c1ccc2c(c1)oc1ccc(-n3c4ccccc4c4ccc5c(ccc6c7ccccc7sc65)c43)cc12. The normalized spacial score (nSPS) is 12.3. The van der Waals surface area contributed by atoms with Gasteiger partial charge in [0.1, 0.15) is 11.2 Å². The van der Waals surface area contributed by atoms with E-state index >= 15 is 0 Å². The molecule has 0 aliphatic heterocycles. The second-order valence-corrected chi connectivity index (χ2v) is 10.8. The first-order valence-electron chi connectivity index (χ1n) is 12.5. The Kier molecular flexibility index (Phi) is 3.70. The molecule has 3 heterocycles. The molecule has 0 unspecified atom stereocenters. The fourth-order valence-electron chi connectivity index (χ4n) is 6.17. The number of thiophene rings is 1. The number of furan rings is 1. The molecule has 0 fully saturated rings. The molecule has 172 valence electrons. The lowest BCUT2D eigenvalue weighted by molar-refractivity contribution is 0.669. The molecule has 0 atom stereocenters. The van der Waals surface area contributed by atoms with Gasteiger partial charge in [-0.05, 0) is 36.4 Å². The molecule has 2 nitrogen and oxygen atoms in total. The predicted octanol–water partition coefficient (Wildman–Crippen LogP) is 10.2. The van der Waals surface area contributed by atoms with Gasteiger partial charge in [0.2, 0.25) is 0 Å². The van der Waals surface area contributed by atoms with Crippen LogP contribution in [0.2, 0.25) is 0 Å². The third-order valence-corrected chi connectivity index (χ3v) is 9.01. The predicted molar refractivity (Wildman–Crippen MR) is 158 cm³/mol. The number of para-hydroxylation sites is 2. The van der Waals surface area contributed by atoms with Gasteiger partial charge in [0.15, 0.2) is 0 Å². The first-order chi connectivity index (χ1) is 18.3. The molecule has 0 saturated heterocycles. The van der Waals surface area contributed by atoms with E-state index in [4.69, 9.17) is 4.42 Å². The first-order valence-corrected chi connectivity index (χ1v) is 13.3. The van der Waals surface area contributed by atoms with Gasteiger partial charge in [0.25, 0.3) is 0 Å². The fourth-order valence-corrected chi connectivity index (χ4v) is 7.40. The van der Waals surface area contributed by atoms with Crippen molar-refractivity contribution in [2.75, 3.05) is 0 Å². The number of benzene rings is 6. The van der Waals surface area contributed by atoms with Crippen molar-refractivity contribution in [1.82, 2.24) is 4.57 Å². The maximum absolute atomic E-state index is 6.14. The maximum atomic E-state index is 6.14. The van der Waals surface area contributed by atoms with Gasteiger partial charge in [-0.15, -0.1) is 11.3 Å². The minimum atomic E-state index is 0.919. The number of nitrogens with zero attached hydrogens (tertiary/aromatic N) is 1. The van der Waals surface area contributed by atoms with Crippen LogP contribution in [-0.2, 0) is 0 Å². The van der Waals surface area contributed by atoms with Crippen molar-refractivity contribution < 1.29 is 4.42 Å². The minimum Gasteiger partial charge on any atom is -0.456 e. The lowest BCUT2D eigenvalue weighted by Crippen LogP contribution is -1.94. The Labute approximate surface area is 215 Å². The van der Waals surface area contributed by atoms with Crippen molar-refractivity contribution in [3.8, 4) is 5.69 Å². The zero-order valence-corrected chi connectivity index (χ0v) is 20.5. The molecule has 0 aliphatic carbocycles. The van der Waals surface area contributed by atoms with Crippen LogP contribution in [0.3, 0.4) is 0 Å². The lowest BCUT2D eigenvalue weighted by Gasteiger charge is -2.10. The zero-order valence-electron chi connectivity index (χ0n) is 19.7. The quantitative estimate of drug-likeness (QED) is 0.224. The van der Waals surface area contributed by atoms with Crippen LogP contribution in [-0.4, -0.2) is 4.57 Å². The average molecular weight is 490 g/mol. The number of hydrogen-bond donors (Lipinski definition) is 0. The minimum absolute atomic E-state index is 0.919. The summed E-state index contributed by atoms with van der Waals surface area (Å²) in [5.74, 6) is 0. The van der Waals surface area contributed by atoms with Crippen molar-refractivity contribution in [3.05, 3.63) is 115 Å². The summed E-state index contributed by atoms with van der Waals surface area (Å²) in [6, 6.07) is 41.6. The van der Waals surface area contributed by atoms with Crippen LogP contribution >= 0.6 is 11.3 Å². The van der Waals surface area contributed by atoms with Crippen LogP contribution in [0.25, 0.3) is 80.4 Å². The van der Waals surface area contributed by atoms with Crippen molar-refractivity contribution in [2.24, 2.45) is 0 Å². The summed E-state index contributed by atoms with van der Waals surface area (Å²) >= 11 is 1.89. The monoisotopic (exact) mass is 489 g/mol. The van der Waals surface area contributed by atoms with Gasteiger partial charge in [-0.25, -0.2) is 0 Å². The molecule has 0 bridgehead atoms. The summed E-state index contributed by atoms with van der Waals surface area (Å²) in [5, 5.41) is 10.1. The zero-order chi connectivity index (χ0) is 24.1. The average Bonchev–Trinajstić information content (AvgIpc) is 3.62. The smallest absolute Gasteiger partial charge is 0.135 e. The Hall–Kier alpha value is -4.60. The topological polar surface area (TPSA) is 18.1 Å². The van der Waals surface area contributed by atoms with E-state index in [1.165, 1.54) is 52.8 Å². The van der Waals surface area contributed by atoms with E-state index in [0.29, 0.717) is 0 Å². The van der Waals surface area contributed by atoms with Gasteiger partial charge in [-0.1, -0.05) is 78.9 Å². The van der Waals surface area contributed by atoms with E-state index in [1.54, 1.807) is 0 Å². The van der Waals surface area contributed by atoms with Gasteiger partial charge < -0.3 is 8.98 Å². The van der Waals surface area contributed by atoms with Crippen LogP contribution in [0.1, 0.15) is 0 Å². The van der Waals surface area contributed by atoms with E-state index in [1.807, 2.05) is 23.5 Å². The maximum Gasteiger partial charge on any atom is 0.135 e. The summed E-state index contributed by atoms with van der Waals surface area (Å²) in [6.07, 6.45) is 0. The number of fused-ring (bicyclic) bond motifs is 12. The van der Waals surface area contributed by atoms with Gasteiger partial charge in [-0.3, -0.25) is 0 Å². The molecule has 6 aromatic carbocycles. The molecule has 0 saturated carbocycles. The number of rotatable bonds is 1. The molecule has 0 N–H and O–H groups in total. The van der Waals surface area contributed by atoms with E-state index in [2.05, 4.69) is 108 Å². The van der Waals surface area contributed by atoms with Crippen LogP contribution in [0.15, 0.2) is 120 Å². The molecule has 3 aromatic heterocycles.